The van der Waals surface area contributed by atoms with Gasteiger partial charge in [-0.3, -0.25) is 4.90 Å². The van der Waals surface area contributed by atoms with Gasteiger partial charge in [-0.1, -0.05) is 19.3 Å². The van der Waals surface area contributed by atoms with Gasteiger partial charge in [-0.25, -0.2) is 8.42 Å². The minimum atomic E-state index is -3.01. The molecule has 1 aliphatic heterocycles. The molecule has 0 aromatic rings. The number of nitrogens with one attached hydrogen (secondary N) is 1. The average Bonchev–Trinajstić information content (AvgIpc) is 2.38. The van der Waals surface area contributed by atoms with Crippen LogP contribution in [0.5, 0.6) is 0 Å². The van der Waals surface area contributed by atoms with Crippen molar-refractivity contribution in [3.8, 4) is 0 Å². The molecule has 1 heterocycles. The summed E-state index contributed by atoms with van der Waals surface area (Å²) >= 11 is 0. The summed E-state index contributed by atoms with van der Waals surface area (Å²) in [5.74, 6) is 0.785. The van der Waals surface area contributed by atoms with E-state index in [9.17, 15) is 8.42 Å². The van der Waals surface area contributed by atoms with E-state index in [1.807, 2.05) is 13.8 Å². The van der Waals surface area contributed by atoms with Gasteiger partial charge in [0.05, 0.1) is 4.75 Å². The smallest absolute Gasteiger partial charge is 0.153 e. The van der Waals surface area contributed by atoms with Crippen LogP contribution in [-0.2, 0) is 9.84 Å². The molecule has 1 aliphatic carbocycles. The van der Waals surface area contributed by atoms with Gasteiger partial charge in [0.25, 0.3) is 0 Å². The lowest BCUT2D eigenvalue weighted by Gasteiger charge is -2.41. The van der Waals surface area contributed by atoms with Gasteiger partial charge >= 0.3 is 0 Å². The molecule has 20 heavy (non-hydrogen) atoms. The summed E-state index contributed by atoms with van der Waals surface area (Å²) in [4.78, 5) is 2.34. The maximum absolute atomic E-state index is 11.9. The van der Waals surface area contributed by atoms with E-state index in [0.717, 1.165) is 25.6 Å². The van der Waals surface area contributed by atoms with E-state index >= 15 is 0 Å². The predicted octanol–water partition coefficient (Wildman–Crippen LogP) is 1.66. The van der Waals surface area contributed by atoms with Gasteiger partial charge in [0.2, 0.25) is 0 Å². The molecule has 2 rings (SSSR count). The second-order valence-corrected chi connectivity index (χ2v) is 9.88. The van der Waals surface area contributed by atoms with Crippen molar-refractivity contribution in [2.24, 2.45) is 5.92 Å². The molecule has 0 aromatic carbocycles. The number of hydrogen-bond donors (Lipinski definition) is 1. The van der Waals surface area contributed by atoms with Crippen molar-refractivity contribution in [3.63, 3.8) is 0 Å². The third kappa shape index (κ3) is 3.95. The van der Waals surface area contributed by atoms with Crippen LogP contribution in [0.1, 0.15) is 46.0 Å². The molecule has 5 heteroatoms. The average molecular weight is 302 g/mol. The second kappa shape index (κ2) is 6.32. The quantitative estimate of drug-likeness (QED) is 0.858. The molecule has 2 fully saturated rings. The minimum absolute atomic E-state index is 0.555. The van der Waals surface area contributed by atoms with Gasteiger partial charge in [-0.05, 0) is 32.6 Å². The van der Waals surface area contributed by atoms with Crippen LogP contribution in [0.15, 0.2) is 0 Å². The molecule has 0 aromatic heterocycles. The normalized spacial score (nSPS) is 27.6. The van der Waals surface area contributed by atoms with Crippen molar-refractivity contribution in [2.75, 3.05) is 32.4 Å². The highest BCUT2D eigenvalue weighted by atomic mass is 32.2. The Morgan fingerprint density at radius 3 is 2.45 bits per heavy atom. The van der Waals surface area contributed by atoms with E-state index in [1.54, 1.807) is 0 Å². The van der Waals surface area contributed by atoms with Gasteiger partial charge in [0.15, 0.2) is 9.84 Å². The minimum Gasteiger partial charge on any atom is -0.311 e. The van der Waals surface area contributed by atoms with Crippen LogP contribution in [-0.4, -0.2) is 56.5 Å². The SMILES string of the molecule is CC(C)(CN1CCNC(C2CCCCC2)C1)S(C)(=O)=O. The Kier molecular flexibility index (Phi) is 5.14. The second-order valence-electron chi connectivity index (χ2n) is 7.23. The van der Waals surface area contributed by atoms with E-state index in [0.29, 0.717) is 12.6 Å². The van der Waals surface area contributed by atoms with E-state index < -0.39 is 14.6 Å². The van der Waals surface area contributed by atoms with Crippen molar-refractivity contribution < 1.29 is 8.42 Å². The van der Waals surface area contributed by atoms with E-state index in [4.69, 9.17) is 0 Å². The first-order chi connectivity index (χ1) is 9.29. The van der Waals surface area contributed by atoms with Gasteiger partial charge in [0, 0.05) is 38.5 Å². The van der Waals surface area contributed by atoms with Crippen LogP contribution in [0.3, 0.4) is 0 Å². The summed E-state index contributed by atoms with van der Waals surface area (Å²) in [6.07, 6.45) is 8.12. The molecule has 118 valence electrons. The first kappa shape index (κ1) is 16.2. The molecular weight excluding hydrogens is 272 g/mol. The fourth-order valence-electron chi connectivity index (χ4n) is 3.49. The third-order valence-corrected chi connectivity index (χ3v) is 7.25. The molecule has 0 amide bonds. The molecule has 1 saturated heterocycles. The van der Waals surface area contributed by atoms with E-state index in [2.05, 4.69) is 10.2 Å². The molecule has 0 radical (unpaired) electrons. The largest absolute Gasteiger partial charge is 0.311 e. The van der Waals surface area contributed by atoms with E-state index in [-0.39, 0.29) is 0 Å². The van der Waals surface area contributed by atoms with Gasteiger partial charge in [-0.2, -0.15) is 0 Å². The summed E-state index contributed by atoms with van der Waals surface area (Å²) in [6.45, 7) is 7.30. The van der Waals surface area contributed by atoms with E-state index in [1.165, 1.54) is 38.4 Å². The fraction of sp³-hybridized carbons (Fsp3) is 1.00. The Balaban J connectivity index is 1.93. The van der Waals surface area contributed by atoms with Gasteiger partial charge < -0.3 is 5.32 Å². The van der Waals surface area contributed by atoms with Crippen LogP contribution in [0, 0.1) is 5.92 Å². The Bertz CT molecular complexity index is 414. The number of hydrogen-bond acceptors (Lipinski definition) is 4. The van der Waals surface area contributed by atoms with Crippen LogP contribution >= 0.6 is 0 Å². The maximum Gasteiger partial charge on any atom is 0.153 e. The first-order valence-corrected chi connectivity index (χ1v) is 9.84. The molecule has 2 aliphatic rings. The first-order valence-electron chi connectivity index (χ1n) is 7.95. The Morgan fingerprint density at radius 2 is 1.85 bits per heavy atom. The Morgan fingerprint density at radius 1 is 1.20 bits per heavy atom. The molecular formula is C15H30N2O2S. The molecule has 1 N–H and O–H groups in total. The van der Waals surface area contributed by atoms with Gasteiger partial charge in [0.1, 0.15) is 0 Å². The lowest BCUT2D eigenvalue weighted by Crippen LogP contribution is -2.57. The van der Waals surface area contributed by atoms with Crippen LogP contribution < -0.4 is 5.32 Å². The zero-order valence-corrected chi connectivity index (χ0v) is 14.0. The predicted molar refractivity (Wildman–Crippen MR) is 83.7 cm³/mol. The number of sulfone groups is 1. The van der Waals surface area contributed by atoms with Crippen molar-refractivity contribution in [1.82, 2.24) is 10.2 Å². The van der Waals surface area contributed by atoms with Crippen molar-refractivity contribution in [3.05, 3.63) is 0 Å². The van der Waals surface area contributed by atoms with Crippen molar-refractivity contribution in [1.29, 1.82) is 0 Å². The molecule has 4 nitrogen and oxygen atoms in total. The van der Waals surface area contributed by atoms with Gasteiger partial charge in [-0.15, -0.1) is 0 Å². The summed E-state index contributed by atoms with van der Waals surface area (Å²) < 4.78 is 23.1. The maximum atomic E-state index is 11.9. The highest BCUT2D eigenvalue weighted by Gasteiger charge is 2.35. The molecule has 1 unspecified atom stereocenters. The standard InChI is InChI=1S/C15H30N2O2S/c1-15(2,20(3,18)19)12-17-10-9-16-14(11-17)13-7-5-4-6-8-13/h13-14,16H,4-12H2,1-3H3. The van der Waals surface area contributed by atoms with Crippen LogP contribution in [0.25, 0.3) is 0 Å². The van der Waals surface area contributed by atoms with Crippen molar-refractivity contribution >= 4 is 9.84 Å². The summed E-state index contributed by atoms with van der Waals surface area (Å²) in [6, 6.07) is 0.555. The third-order valence-electron chi connectivity index (χ3n) is 5.12. The summed E-state index contributed by atoms with van der Waals surface area (Å²) in [5, 5.41) is 3.65. The summed E-state index contributed by atoms with van der Waals surface area (Å²) in [7, 11) is -3.01. The number of piperazine rings is 1. The Labute approximate surface area is 124 Å². The lowest BCUT2D eigenvalue weighted by atomic mass is 9.83. The Hall–Kier alpha value is -0.130. The van der Waals surface area contributed by atoms with Crippen LogP contribution in [0.4, 0.5) is 0 Å². The molecule has 1 atom stereocenters. The highest BCUT2D eigenvalue weighted by molar-refractivity contribution is 7.92. The lowest BCUT2D eigenvalue weighted by molar-refractivity contribution is 0.139. The topological polar surface area (TPSA) is 49.4 Å². The van der Waals surface area contributed by atoms with Crippen LogP contribution in [0.2, 0.25) is 0 Å². The number of nitrogens with zero attached hydrogens (tertiary/aromatic N) is 1. The zero-order chi connectivity index (χ0) is 14.8. The molecule has 0 spiro atoms. The van der Waals surface area contributed by atoms with Crippen molar-refractivity contribution in [2.45, 2.75) is 56.7 Å². The fourth-order valence-corrected chi connectivity index (χ4v) is 3.91. The summed E-state index contributed by atoms with van der Waals surface area (Å²) in [5.41, 5.74) is 0. The zero-order valence-electron chi connectivity index (χ0n) is 13.2. The molecule has 1 saturated carbocycles. The highest BCUT2D eigenvalue weighted by Crippen LogP contribution is 2.28. The monoisotopic (exact) mass is 302 g/mol. The number of rotatable bonds is 4. The molecule has 0 bridgehead atoms.